The molecule has 0 fully saturated rings. The van der Waals surface area contributed by atoms with Gasteiger partial charge in [0.15, 0.2) is 0 Å². The van der Waals surface area contributed by atoms with Crippen LogP contribution in [-0.2, 0) is 11.2 Å². The van der Waals surface area contributed by atoms with Gasteiger partial charge in [-0.2, -0.15) is 5.21 Å². The summed E-state index contributed by atoms with van der Waals surface area (Å²) >= 11 is 3.41. The fraction of sp³-hybridized carbons (Fsp3) is 0.0417. The molecule has 5 aromatic rings. The summed E-state index contributed by atoms with van der Waals surface area (Å²) in [6, 6.07) is 18.2. The van der Waals surface area contributed by atoms with E-state index in [-0.39, 0.29) is 18.2 Å². The predicted molar refractivity (Wildman–Crippen MR) is 132 cm³/mol. The van der Waals surface area contributed by atoms with Crippen LogP contribution >= 0.6 is 15.9 Å². The van der Waals surface area contributed by atoms with Crippen LogP contribution in [0.5, 0.6) is 0 Å². The van der Waals surface area contributed by atoms with Gasteiger partial charge in [0, 0.05) is 15.4 Å². The standard InChI is InChI=1S/C24H17BrFN7O2/c25-15-7-8-18(17(12-15)23-30-32-33-31-23)29-24(35)20-11-14-4-2-6-19(22(14)28-20)27-21(34)10-13-3-1-5-16(26)9-13/h1-9,11-12,28H,10H2,(H,27,34)(H,29,35)(H,30,31,32,33). The van der Waals surface area contributed by atoms with Gasteiger partial charge in [-0.05, 0) is 53.2 Å². The molecule has 11 heteroatoms. The number of H-pyrrole nitrogens is 2. The van der Waals surface area contributed by atoms with Crippen LogP contribution in [0.4, 0.5) is 15.8 Å². The zero-order valence-corrected chi connectivity index (χ0v) is 19.6. The normalized spacial score (nSPS) is 10.9. The molecule has 2 heterocycles. The lowest BCUT2D eigenvalue weighted by Gasteiger charge is -2.09. The number of tetrazole rings is 1. The largest absolute Gasteiger partial charge is 0.349 e. The Kier molecular flexibility index (Phi) is 6.06. The molecule has 2 amide bonds. The molecule has 0 saturated heterocycles. The van der Waals surface area contributed by atoms with Crippen molar-refractivity contribution in [3.63, 3.8) is 0 Å². The van der Waals surface area contributed by atoms with Gasteiger partial charge in [0.1, 0.15) is 11.5 Å². The summed E-state index contributed by atoms with van der Waals surface area (Å²) < 4.78 is 14.2. The Morgan fingerprint density at radius 3 is 2.63 bits per heavy atom. The summed E-state index contributed by atoms with van der Waals surface area (Å²) in [5.74, 6) is -0.749. The minimum Gasteiger partial charge on any atom is -0.349 e. The maximum absolute atomic E-state index is 13.4. The zero-order chi connectivity index (χ0) is 24.4. The first-order valence-electron chi connectivity index (χ1n) is 10.5. The van der Waals surface area contributed by atoms with Crippen LogP contribution < -0.4 is 10.6 Å². The number of nitrogens with one attached hydrogen (secondary N) is 4. The Bertz CT molecular complexity index is 1550. The lowest BCUT2D eigenvalue weighted by atomic mass is 10.1. The van der Waals surface area contributed by atoms with Crippen LogP contribution in [0.3, 0.4) is 0 Å². The van der Waals surface area contributed by atoms with Crippen molar-refractivity contribution in [3.05, 3.63) is 88.3 Å². The number of amides is 2. The molecular formula is C24H17BrFN7O2. The third-order valence-corrected chi connectivity index (χ3v) is 5.74. The number of carbonyl (C=O) groups is 2. The van der Waals surface area contributed by atoms with E-state index < -0.39 is 5.82 Å². The summed E-state index contributed by atoms with van der Waals surface area (Å²) in [5, 5.41) is 20.4. The highest BCUT2D eigenvalue weighted by atomic mass is 79.9. The predicted octanol–water partition coefficient (Wildman–Crippen LogP) is 4.68. The van der Waals surface area contributed by atoms with Crippen molar-refractivity contribution in [2.45, 2.75) is 6.42 Å². The number of para-hydroxylation sites is 1. The van der Waals surface area contributed by atoms with Gasteiger partial charge < -0.3 is 15.6 Å². The Balaban J connectivity index is 1.37. The van der Waals surface area contributed by atoms with E-state index in [0.29, 0.717) is 39.5 Å². The molecule has 5 rings (SSSR count). The zero-order valence-electron chi connectivity index (χ0n) is 18.0. The van der Waals surface area contributed by atoms with Crippen molar-refractivity contribution >= 4 is 50.0 Å². The monoisotopic (exact) mass is 533 g/mol. The second-order valence-corrected chi connectivity index (χ2v) is 8.60. The summed E-state index contributed by atoms with van der Waals surface area (Å²) in [6.45, 7) is 0. The first kappa shape index (κ1) is 22.4. The lowest BCUT2D eigenvalue weighted by molar-refractivity contribution is -0.115. The number of rotatable bonds is 6. The van der Waals surface area contributed by atoms with E-state index in [2.05, 4.69) is 52.2 Å². The van der Waals surface area contributed by atoms with Gasteiger partial charge in [-0.15, -0.1) is 10.2 Å². The number of carbonyl (C=O) groups excluding carboxylic acids is 2. The number of nitrogens with zero attached hydrogens (tertiary/aromatic N) is 3. The fourth-order valence-corrected chi connectivity index (χ4v) is 4.05. The molecule has 174 valence electrons. The average molecular weight is 534 g/mol. The summed E-state index contributed by atoms with van der Waals surface area (Å²) in [5.41, 5.74) is 3.06. The SMILES string of the molecule is O=C(Cc1cccc(F)c1)Nc1cccc2cc(C(=O)Nc3ccc(Br)cc3-c3nn[nH]n3)[nH]c12. The fourth-order valence-electron chi connectivity index (χ4n) is 3.69. The Morgan fingerprint density at radius 1 is 0.971 bits per heavy atom. The molecular weight excluding hydrogens is 517 g/mol. The number of anilines is 2. The molecule has 0 radical (unpaired) electrons. The molecule has 0 bridgehead atoms. The molecule has 3 aromatic carbocycles. The Labute approximate surface area is 206 Å². The molecule has 0 atom stereocenters. The number of aromatic nitrogens is 5. The average Bonchev–Trinajstić information content (AvgIpc) is 3.51. The molecule has 2 aromatic heterocycles. The van der Waals surface area contributed by atoms with Crippen molar-refractivity contribution in [3.8, 4) is 11.4 Å². The number of hydrogen-bond acceptors (Lipinski definition) is 5. The maximum Gasteiger partial charge on any atom is 0.272 e. The van der Waals surface area contributed by atoms with Crippen LogP contribution in [0.15, 0.2) is 71.2 Å². The van der Waals surface area contributed by atoms with Crippen LogP contribution in [0.2, 0.25) is 0 Å². The Hall–Kier alpha value is -4.38. The highest BCUT2D eigenvalue weighted by molar-refractivity contribution is 9.10. The van der Waals surface area contributed by atoms with Crippen molar-refractivity contribution in [1.82, 2.24) is 25.6 Å². The second kappa shape index (κ2) is 9.47. The van der Waals surface area contributed by atoms with Gasteiger partial charge in [0.25, 0.3) is 5.91 Å². The van der Waals surface area contributed by atoms with E-state index in [0.717, 1.165) is 9.86 Å². The first-order valence-corrected chi connectivity index (χ1v) is 11.3. The third-order valence-electron chi connectivity index (χ3n) is 5.24. The van der Waals surface area contributed by atoms with Crippen molar-refractivity contribution < 1.29 is 14.0 Å². The van der Waals surface area contributed by atoms with E-state index in [1.54, 1.807) is 48.5 Å². The molecule has 4 N–H and O–H groups in total. The number of hydrogen-bond donors (Lipinski definition) is 4. The quantitative estimate of drug-likeness (QED) is 0.252. The minimum absolute atomic E-state index is 0.0185. The van der Waals surface area contributed by atoms with Gasteiger partial charge in [0.2, 0.25) is 11.7 Å². The number of benzene rings is 3. The molecule has 0 spiro atoms. The highest BCUT2D eigenvalue weighted by Crippen LogP contribution is 2.29. The number of aromatic amines is 2. The third kappa shape index (κ3) is 4.94. The lowest BCUT2D eigenvalue weighted by Crippen LogP contribution is -2.15. The summed E-state index contributed by atoms with van der Waals surface area (Å²) in [6.07, 6.45) is 0.0185. The van der Waals surface area contributed by atoms with Gasteiger partial charge in [-0.25, -0.2) is 4.39 Å². The highest BCUT2D eigenvalue weighted by Gasteiger charge is 2.17. The van der Waals surface area contributed by atoms with Gasteiger partial charge in [-0.3, -0.25) is 9.59 Å². The molecule has 35 heavy (non-hydrogen) atoms. The van der Waals surface area contributed by atoms with E-state index >= 15 is 0 Å². The van der Waals surface area contributed by atoms with E-state index in [9.17, 15) is 14.0 Å². The summed E-state index contributed by atoms with van der Waals surface area (Å²) in [7, 11) is 0. The molecule has 9 nitrogen and oxygen atoms in total. The number of fused-ring (bicyclic) bond motifs is 1. The molecule has 0 aliphatic rings. The van der Waals surface area contributed by atoms with Crippen molar-refractivity contribution in [1.29, 1.82) is 0 Å². The smallest absolute Gasteiger partial charge is 0.272 e. The number of halogens is 2. The van der Waals surface area contributed by atoms with E-state index in [1.165, 1.54) is 12.1 Å². The van der Waals surface area contributed by atoms with Crippen LogP contribution in [-0.4, -0.2) is 37.4 Å². The van der Waals surface area contributed by atoms with Crippen molar-refractivity contribution in [2.75, 3.05) is 10.6 Å². The first-order chi connectivity index (χ1) is 17.0. The summed E-state index contributed by atoms with van der Waals surface area (Å²) in [4.78, 5) is 28.7. The van der Waals surface area contributed by atoms with Gasteiger partial charge in [0.05, 0.1) is 23.3 Å². The van der Waals surface area contributed by atoms with Crippen LogP contribution in [0.25, 0.3) is 22.3 Å². The van der Waals surface area contributed by atoms with Crippen molar-refractivity contribution in [2.24, 2.45) is 0 Å². The molecule has 0 unspecified atom stereocenters. The van der Waals surface area contributed by atoms with E-state index in [1.807, 2.05) is 6.07 Å². The van der Waals surface area contributed by atoms with Crippen LogP contribution in [0, 0.1) is 5.82 Å². The van der Waals surface area contributed by atoms with Gasteiger partial charge in [-0.1, -0.05) is 40.2 Å². The second-order valence-electron chi connectivity index (χ2n) is 7.69. The Morgan fingerprint density at radius 2 is 1.83 bits per heavy atom. The maximum atomic E-state index is 13.4. The van der Waals surface area contributed by atoms with E-state index in [4.69, 9.17) is 0 Å². The molecule has 0 aliphatic heterocycles. The van der Waals surface area contributed by atoms with Gasteiger partial charge >= 0.3 is 0 Å². The topological polar surface area (TPSA) is 128 Å². The van der Waals surface area contributed by atoms with Crippen LogP contribution in [0.1, 0.15) is 16.1 Å². The molecule has 0 saturated carbocycles. The molecule has 0 aliphatic carbocycles. The minimum atomic E-state index is -0.398.